The maximum Gasteiger partial charge on any atom is 0.271 e. The fourth-order valence-electron chi connectivity index (χ4n) is 2.07. The molecule has 0 spiro atoms. The van der Waals surface area contributed by atoms with Crippen LogP contribution >= 0.6 is 11.6 Å². The highest BCUT2D eigenvalue weighted by atomic mass is 35.5. The van der Waals surface area contributed by atoms with E-state index in [-0.39, 0.29) is 10.6 Å². The number of anilines is 1. The maximum absolute atomic E-state index is 11.3. The highest BCUT2D eigenvalue weighted by Gasteiger charge is 2.19. The number of nitrogens with zero attached hydrogens (tertiary/aromatic N) is 2. The molecule has 6 heteroatoms. The highest BCUT2D eigenvalue weighted by Crippen LogP contribution is 2.18. The molecule has 0 aromatic carbocycles. The van der Waals surface area contributed by atoms with Gasteiger partial charge in [0.25, 0.3) is 5.56 Å². The van der Waals surface area contributed by atoms with Gasteiger partial charge in [0.15, 0.2) is 5.82 Å². The van der Waals surface area contributed by atoms with Crippen LogP contribution in [0.25, 0.3) is 0 Å². The largest absolute Gasteiger partial charge is 0.366 e. The summed E-state index contributed by atoms with van der Waals surface area (Å²) < 4.78 is 0. The normalized spacial score (nSPS) is 18.2. The van der Waals surface area contributed by atoms with E-state index in [4.69, 9.17) is 11.6 Å². The van der Waals surface area contributed by atoms with Gasteiger partial charge in [-0.15, -0.1) is 0 Å². The van der Waals surface area contributed by atoms with Crippen LogP contribution in [-0.4, -0.2) is 40.5 Å². The van der Waals surface area contributed by atoms with Gasteiger partial charge in [-0.05, 0) is 19.4 Å². The van der Waals surface area contributed by atoms with Crippen molar-refractivity contribution in [1.82, 2.24) is 14.9 Å². The van der Waals surface area contributed by atoms with Gasteiger partial charge in [0.05, 0.1) is 6.33 Å². The molecule has 94 valence electrons. The van der Waals surface area contributed by atoms with E-state index in [9.17, 15) is 4.79 Å². The van der Waals surface area contributed by atoms with Crippen LogP contribution in [0.1, 0.15) is 19.8 Å². The molecule has 2 heterocycles. The Hall–Kier alpha value is -1.07. The van der Waals surface area contributed by atoms with Crippen LogP contribution < -0.4 is 10.9 Å². The average molecular weight is 257 g/mol. The average Bonchev–Trinajstić information content (AvgIpc) is 2.36. The number of piperidine rings is 1. The van der Waals surface area contributed by atoms with Gasteiger partial charge < -0.3 is 15.2 Å². The van der Waals surface area contributed by atoms with Crippen molar-refractivity contribution in [2.75, 3.05) is 25.0 Å². The molecular weight excluding hydrogens is 240 g/mol. The van der Waals surface area contributed by atoms with Crippen molar-refractivity contribution in [1.29, 1.82) is 0 Å². The molecule has 0 atom stereocenters. The molecular formula is C11H17ClN4O. The van der Waals surface area contributed by atoms with Crippen molar-refractivity contribution >= 4 is 17.4 Å². The van der Waals surface area contributed by atoms with Crippen molar-refractivity contribution < 1.29 is 0 Å². The topological polar surface area (TPSA) is 61.0 Å². The maximum atomic E-state index is 11.3. The Morgan fingerprint density at radius 1 is 1.59 bits per heavy atom. The molecule has 2 rings (SSSR count). The van der Waals surface area contributed by atoms with Crippen molar-refractivity contribution in [2.24, 2.45) is 0 Å². The van der Waals surface area contributed by atoms with Gasteiger partial charge in [-0.2, -0.15) is 0 Å². The molecule has 0 aliphatic carbocycles. The fraction of sp³-hybridized carbons (Fsp3) is 0.636. The summed E-state index contributed by atoms with van der Waals surface area (Å²) >= 11 is 5.89. The number of likely N-dealkylation sites (tertiary alicyclic amines) is 1. The Morgan fingerprint density at radius 3 is 2.94 bits per heavy atom. The minimum atomic E-state index is -0.296. The van der Waals surface area contributed by atoms with E-state index in [0.717, 1.165) is 32.5 Å². The molecule has 2 N–H and O–H groups in total. The van der Waals surface area contributed by atoms with E-state index in [1.807, 2.05) is 0 Å². The molecule has 1 saturated heterocycles. The summed E-state index contributed by atoms with van der Waals surface area (Å²) in [6.45, 7) is 5.42. The van der Waals surface area contributed by atoms with Crippen LogP contribution in [-0.2, 0) is 0 Å². The molecule has 1 aliphatic heterocycles. The zero-order valence-corrected chi connectivity index (χ0v) is 10.6. The van der Waals surface area contributed by atoms with E-state index >= 15 is 0 Å². The number of aromatic amines is 1. The molecule has 1 aromatic heterocycles. The number of H-pyrrole nitrogens is 1. The van der Waals surface area contributed by atoms with Crippen molar-refractivity contribution in [3.8, 4) is 0 Å². The van der Waals surface area contributed by atoms with Crippen LogP contribution in [0, 0.1) is 0 Å². The van der Waals surface area contributed by atoms with E-state index in [1.54, 1.807) is 0 Å². The van der Waals surface area contributed by atoms with E-state index in [2.05, 4.69) is 27.1 Å². The second-order valence-electron chi connectivity index (χ2n) is 4.25. The summed E-state index contributed by atoms with van der Waals surface area (Å²) in [5.41, 5.74) is -0.296. The quantitative estimate of drug-likeness (QED) is 0.856. The van der Waals surface area contributed by atoms with Crippen LogP contribution in [0.3, 0.4) is 0 Å². The number of nitrogens with one attached hydrogen (secondary N) is 2. The number of aromatic nitrogens is 2. The van der Waals surface area contributed by atoms with E-state index in [1.165, 1.54) is 6.33 Å². The molecule has 0 amide bonds. The lowest BCUT2D eigenvalue weighted by Crippen LogP contribution is -2.39. The minimum absolute atomic E-state index is 0.144. The molecule has 0 bridgehead atoms. The summed E-state index contributed by atoms with van der Waals surface area (Å²) in [5.74, 6) is 0.491. The monoisotopic (exact) mass is 256 g/mol. The number of rotatable bonds is 3. The predicted octanol–water partition coefficient (Wildman–Crippen LogP) is 1.32. The Morgan fingerprint density at radius 2 is 2.29 bits per heavy atom. The van der Waals surface area contributed by atoms with Crippen LogP contribution in [0.4, 0.5) is 5.82 Å². The first kappa shape index (κ1) is 12.4. The van der Waals surface area contributed by atoms with Gasteiger partial charge in [0.2, 0.25) is 0 Å². The molecule has 0 saturated carbocycles. The predicted molar refractivity (Wildman–Crippen MR) is 68.6 cm³/mol. The Kier molecular flexibility index (Phi) is 4.02. The highest BCUT2D eigenvalue weighted by molar-refractivity contribution is 6.32. The van der Waals surface area contributed by atoms with Gasteiger partial charge in [0.1, 0.15) is 5.02 Å². The minimum Gasteiger partial charge on any atom is -0.366 e. The van der Waals surface area contributed by atoms with Gasteiger partial charge in [-0.3, -0.25) is 4.79 Å². The van der Waals surface area contributed by atoms with Crippen molar-refractivity contribution in [2.45, 2.75) is 25.8 Å². The number of hydrogen-bond acceptors (Lipinski definition) is 4. The SMILES string of the molecule is CCN1CCC(Nc2nc[nH]c(=O)c2Cl)CC1. The Balaban J connectivity index is 1.98. The van der Waals surface area contributed by atoms with Gasteiger partial charge in [0, 0.05) is 19.1 Å². The first-order chi connectivity index (χ1) is 8.20. The number of hydrogen-bond donors (Lipinski definition) is 2. The lowest BCUT2D eigenvalue weighted by Gasteiger charge is -2.31. The van der Waals surface area contributed by atoms with Crippen molar-refractivity contribution in [3.63, 3.8) is 0 Å². The fourth-order valence-corrected chi connectivity index (χ4v) is 2.23. The second-order valence-corrected chi connectivity index (χ2v) is 4.63. The molecule has 17 heavy (non-hydrogen) atoms. The Bertz CT molecular complexity index is 426. The van der Waals surface area contributed by atoms with Crippen LogP contribution in [0.2, 0.25) is 5.02 Å². The second kappa shape index (κ2) is 5.51. The third-order valence-corrected chi connectivity index (χ3v) is 3.52. The summed E-state index contributed by atoms with van der Waals surface area (Å²) in [6, 6.07) is 0.351. The smallest absolute Gasteiger partial charge is 0.271 e. The van der Waals surface area contributed by atoms with Crippen molar-refractivity contribution in [3.05, 3.63) is 21.7 Å². The zero-order valence-electron chi connectivity index (χ0n) is 9.87. The number of halogens is 1. The Labute approximate surface area is 105 Å². The summed E-state index contributed by atoms with van der Waals surface area (Å²) in [4.78, 5) is 20.2. The molecule has 5 nitrogen and oxygen atoms in total. The van der Waals surface area contributed by atoms with Gasteiger partial charge in [-0.1, -0.05) is 18.5 Å². The summed E-state index contributed by atoms with van der Waals surface area (Å²) in [6.07, 6.45) is 3.48. The molecule has 0 radical (unpaired) electrons. The van der Waals surface area contributed by atoms with Crippen LogP contribution in [0.15, 0.2) is 11.1 Å². The molecule has 0 unspecified atom stereocenters. The third-order valence-electron chi connectivity index (χ3n) is 3.17. The molecule has 1 aromatic rings. The first-order valence-electron chi connectivity index (χ1n) is 5.92. The molecule has 1 aliphatic rings. The van der Waals surface area contributed by atoms with E-state index < -0.39 is 0 Å². The zero-order chi connectivity index (χ0) is 12.3. The first-order valence-corrected chi connectivity index (χ1v) is 6.30. The summed E-state index contributed by atoms with van der Waals surface area (Å²) in [5, 5.41) is 3.39. The van der Waals surface area contributed by atoms with E-state index in [0.29, 0.717) is 11.9 Å². The lowest BCUT2D eigenvalue weighted by atomic mass is 10.1. The molecule has 1 fully saturated rings. The van der Waals surface area contributed by atoms with Crippen LogP contribution in [0.5, 0.6) is 0 Å². The summed E-state index contributed by atoms with van der Waals surface area (Å²) in [7, 11) is 0. The lowest BCUT2D eigenvalue weighted by molar-refractivity contribution is 0.229. The third kappa shape index (κ3) is 2.98. The van der Waals surface area contributed by atoms with Gasteiger partial charge >= 0.3 is 0 Å². The van der Waals surface area contributed by atoms with Gasteiger partial charge in [-0.25, -0.2) is 4.98 Å². The standard InChI is InChI=1S/C11H17ClN4O/c1-2-16-5-3-8(4-6-16)15-10-9(12)11(17)14-7-13-10/h7-8H,2-6H2,1H3,(H2,13,14,15,17).